The summed E-state index contributed by atoms with van der Waals surface area (Å²) in [6.45, 7) is 4.02. The Labute approximate surface area is 107 Å². The molecule has 0 aliphatic rings. The summed E-state index contributed by atoms with van der Waals surface area (Å²) < 4.78 is 0. The second-order valence-corrected chi connectivity index (χ2v) is 4.25. The number of para-hydroxylation sites is 1. The van der Waals surface area contributed by atoms with E-state index in [0.717, 1.165) is 22.6 Å². The van der Waals surface area contributed by atoms with Crippen LogP contribution in [-0.2, 0) is 0 Å². The number of benzene rings is 2. The second-order valence-electron chi connectivity index (χ2n) is 4.25. The van der Waals surface area contributed by atoms with Crippen molar-refractivity contribution < 1.29 is 0 Å². The molecule has 92 valence electrons. The highest BCUT2D eigenvalue weighted by Crippen LogP contribution is 2.13. The van der Waals surface area contributed by atoms with Crippen molar-refractivity contribution in [2.45, 2.75) is 13.8 Å². The topological polar surface area (TPSA) is 50.4 Å². The summed E-state index contributed by atoms with van der Waals surface area (Å²) >= 11 is 0. The first-order valence-corrected chi connectivity index (χ1v) is 5.88. The molecule has 3 heteroatoms. The van der Waals surface area contributed by atoms with Crippen LogP contribution in [0.5, 0.6) is 0 Å². The van der Waals surface area contributed by atoms with Crippen LogP contribution < -0.4 is 11.2 Å². The molecule has 0 heterocycles. The Kier molecular flexibility index (Phi) is 3.63. The SMILES string of the molecule is C/C(=N/Nc1ccccc1C)c1ccc(N)cc1. The van der Waals surface area contributed by atoms with E-state index in [9.17, 15) is 0 Å². The molecule has 0 saturated heterocycles. The summed E-state index contributed by atoms with van der Waals surface area (Å²) in [7, 11) is 0. The number of hydrogen-bond donors (Lipinski definition) is 2. The zero-order valence-corrected chi connectivity index (χ0v) is 10.6. The van der Waals surface area contributed by atoms with Crippen molar-refractivity contribution in [3.8, 4) is 0 Å². The van der Waals surface area contributed by atoms with Crippen LogP contribution in [0.15, 0.2) is 53.6 Å². The fraction of sp³-hybridized carbons (Fsp3) is 0.133. The maximum atomic E-state index is 5.66. The van der Waals surface area contributed by atoms with Crippen LogP contribution in [0.2, 0.25) is 0 Å². The molecule has 18 heavy (non-hydrogen) atoms. The van der Waals surface area contributed by atoms with E-state index >= 15 is 0 Å². The Morgan fingerprint density at radius 1 is 1.06 bits per heavy atom. The Morgan fingerprint density at radius 3 is 2.39 bits per heavy atom. The first kappa shape index (κ1) is 12.2. The van der Waals surface area contributed by atoms with E-state index in [2.05, 4.69) is 23.5 Å². The third-order valence-electron chi connectivity index (χ3n) is 2.82. The molecule has 3 nitrogen and oxygen atoms in total. The summed E-state index contributed by atoms with van der Waals surface area (Å²) in [5.74, 6) is 0. The maximum Gasteiger partial charge on any atom is 0.0648 e. The van der Waals surface area contributed by atoms with Crippen LogP contribution in [-0.4, -0.2) is 5.71 Å². The molecular formula is C15H17N3. The molecular weight excluding hydrogens is 222 g/mol. The van der Waals surface area contributed by atoms with E-state index in [-0.39, 0.29) is 0 Å². The first-order valence-electron chi connectivity index (χ1n) is 5.88. The van der Waals surface area contributed by atoms with Crippen molar-refractivity contribution >= 4 is 17.1 Å². The number of hydrogen-bond acceptors (Lipinski definition) is 3. The van der Waals surface area contributed by atoms with Gasteiger partial charge in [-0.05, 0) is 43.2 Å². The molecule has 3 N–H and O–H groups in total. The van der Waals surface area contributed by atoms with Crippen LogP contribution in [0, 0.1) is 6.92 Å². The Balaban J connectivity index is 2.14. The third-order valence-corrected chi connectivity index (χ3v) is 2.82. The lowest BCUT2D eigenvalue weighted by molar-refractivity contribution is 1.29. The van der Waals surface area contributed by atoms with E-state index in [1.165, 1.54) is 5.56 Å². The normalized spacial score (nSPS) is 11.3. The number of nitrogens with two attached hydrogens (primary N) is 1. The van der Waals surface area contributed by atoms with Gasteiger partial charge in [-0.3, -0.25) is 5.43 Å². The van der Waals surface area contributed by atoms with E-state index in [0.29, 0.717) is 0 Å². The number of nitrogens with zero attached hydrogens (tertiary/aromatic N) is 1. The maximum absolute atomic E-state index is 5.66. The van der Waals surface area contributed by atoms with E-state index in [4.69, 9.17) is 5.73 Å². The van der Waals surface area contributed by atoms with Crippen LogP contribution in [0.3, 0.4) is 0 Å². The molecule has 2 aromatic rings. The van der Waals surface area contributed by atoms with Gasteiger partial charge in [0.25, 0.3) is 0 Å². The van der Waals surface area contributed by atoms with E-state index in [1.807, 2.05) is 49.4 Å². The number of anilines is 2. The number of aryl methyl sites for hydroxylation is 1. The van der Waals surface area contributed by atoms with Gasteiger partial charge in [0.2, 0.25) is 0 Å². The van der Waals surface area contributed by atoms with Gasteiger partial charge in [-0.25, -0.2) is 0 Å². The van der Waals surface area contributed by atoms with Crippen LogP contribution in [0.25, 0.3) is 0 Å². The lowest BCUT2D eigenvalue weighted by Crippen LogP contribution is -2.00. The van der Waals surface area contributed by atoms with Crippen molar-refractivity contribution in [2.24, 2.45) is 5.10 Å². The summed E-state index contributed by atoms with van der Waals surface area (Å²) in [5, 5.41) is 4.38. The molecule has 0 radical (unpaired) electrons. The third kappa shape index (κ3) is 2.88. The van der Waals surface area contributed by atoms with E-state index < -0.39 is 0 Å². The first-order chi connectivity index (χ1) is 8.66. The van der Waals surface area contributed by atoms with Gasteiger partial charge in [-0.15, -0.1) is 0 Å². The minimum absolute atomic E-state index is 0.762. The molecule has 2 aromatic carbocycles. The van der Waals surface area contributed by atoms with Crippen molar-refractivity contribution in [2.75, 3.05) is 11.2 Å². The van der Waals surface area contributed by atoms with Crippen molar-refractivity contribution in [3.63, 3.8) is 0 Å². The van der Waals surface area contributed by atoms with Crippen LogP contribution >= 0.6 is 0 Å². The molecule has 0 spiro atoms. The van der Waals surface area contributed by atoms with Crippen molar-refractivity contribution in [1.29, 1.82) is 0 Å². The fourth-order valence-corrected chi connectivity index (χ4v) is 1.63. The Hall–Kier alpha value is -2.29. The predicted octanol–water partition coefficient (Wildman–Crippen LogP) is 3.41. The van der Waals surface area contributed by atoms with Crippen LogP contribution in [0.4, 0.5) is 11.4 Å². The molecule has 0 aliphatic heterocycles. The number of hydrazone groups is 1. The minimum atomic E-state index is 0.762. The molecule has 0 fully saturated rings. The van der Waals surface area contributed by atoms with Gasteiger partial charge < -0.3 is 5.73 Å². The van der Waals surface area contributed by atoms with Gasteiger partial charge in [0, 0.05) is 5.69 Å². The number of rotatable bonds is 3. The second kappa shape index (κ2) is 5.36. The predicted molar refractivity (Wildman–Crippen MR) is 77.9 cm³/mol. The monoisotopic (exact) mass is 239 g/mol. The summed E-state index contributed by atoms with van der Waals surface area (Å²) in [6, 6.07) is 15.7. The van der Waals surface area contributed by atoms with Gasteiger partial charge in [-0.2, -0.15) is 5.10 Å². The summed E-state index contributed by atoms with van der Waals surface area (Å²) in [5.41, 5.74) is 13.7. The Morgan fingerprint density at radius 2 is 1.72 bits per heavy atom. The van der Waals surface area contributed by atoms with Crippen molar-refractivity contribution in [1.82, 2.24) is 0 Å². The zero-order valence-electron chi connectivity index (χ0n) is 10.6. The molecule has 0 atom stereocenters. The standard InChI is InChI=1S/C15H17N3/c1-11-5-3-4-6-15(11)18-17-12(2)13-7-9-14(16)10-8-13/h3-10,18H,16H2,1-2H3/b17-12-. The average Bonchev–Trinajstić information content (AvgIpc) is 2.38. The highest BCUT2D eigenvalue weighted by atomic mass is 15.3. The quantitative estimate of drug-likeness (QED) is 0.490. The van der Waals surface area contributed by atoms with Gasteiger partial charge in [0.15, 0.2) is 0 Å². The van der Waals surface area contributed by atoms with E-state index in [1.54, 1.807) is 0 Å². The minimum Gasteiger partial charge on any atom is -0.399 e. The molecule has 2 rings (SSSR count). The summed E-state index contributed by atoms with van der Waals surface area (Å²) in [4.78, 5) is 0. The summed E-state index contributed by atoms with van der Waals surface area (Å²) in [6.07, 6.45) is 0. The lowest BCUT2D eigenvalue weighted by Gasteiger charge is -2.06. The van der Waals surface area contributed by atoms with Gasteiger partial charge >= 0.3 is 0 Å². The highest BCUT2D eigenvalue weighted by Gasteiger charge is 1.98. The highest BCUT2D eigenvalue weighted by molar-refractivity contribution is 5.99. The Bertz CT molecular complexity index is 556. The van der Waals surface area contributed by atoms with Gasteiger partial charge in [0.1, 0.15) is 0 Å². The molecule has 0 saturated carbocycles. The molecule has 0 aromatic heterocycles. The molecule has 0 amide bonds. The van der Waals surface area contributed by atoms with Crippen LogP contribution in [0.1, 0.15) is 18.1 Å². The smallest absolute Gasteiger partial charge is 0.0648 e. The van der Waals surface area contributed by atoms with Crippen molar-refractivity contribution in [3.05, 3.63) is 59.7 Å². The average molecular weight is 239 g/mol. The number of nitrogens with one attached hydrogen (secondary N) is 1. The van der Waals surface area contributed by atoms with Gasteiger partial charge in [0.05, 0.1) is 11.4 Å². The molecule has 0 unspecified atom stereocenters. The zero-order chi connectivity index (χ0) is 13.0. The lowest BCUT2D eigenvalue weighted by atomic mass is 10.1. The molecule has 0 aliphatic carbocycles. The van der Waals surface area contributed by atoms with Gasteiger partial charge in [-0.1, -0.05) is 30.3 Å². The largest absolute Gasteiger partial charge is 0.399 e. The molecule has 0 bridgehead atoms. The fourth-order valence-electron chi connectivity index (χ4n) is 1.63. The number of nitrogen functional groups attached to an aromatic ring is 1.